The zero-order valence-corrected chi connectivity index (χ0v) is 19.0. The standard InChI is InChI=1S/C25H34O7/c1-15(27)32-17-3-8-23(14-26)19-4-7-22(2)18(16-11-21(28)31-13-16)6-10-25(22,30)20(19)5-9-24(23,29)12-17/h11,14,17-20,29-30H,3-10,12-13H2,1-2H3. The number of esters is 2. The zero-order valence-electron chi connectivity index (χ0n) is 19.0. The van der Waals surface area contributed by atoms with E-state index in [1.807, 2.05) is 0 Å². The van der Waals surface area contributed by atoms with E-state index < -0.39 is 16.6 Å². The molecule has 8 atom stereocenters. The Kier molecular flexibility index (Phi) is 4.92. The number of hydrogen-bond donors (Lipinski definition) is 2. The highest BCUT2D eigenvalue weighted by Crippen LogP contribution is 2.70. The molecule has 5 rings (SSSR count). The molecule has 4 aliphatic carbocycles. The lowest BCUT2D eigenvalue weighted by Crippen LogP contribution is -2.69. The summed E-state index contributed by atoms with van der Waals surface area (Å²) in [6.45, 7) is 3.81. The first-order valence-electron chi connectivity index (χ1n) is 12.0. The van der Waals surface area contributed by atoms with Crippen molar-refractivity contribution in [2.75, 3.05) is 6.61 Å². The summed E-state index contributed by atoms with van der Waals surface area (Å²) in [6, 6.07) is 0. The number of ether oxygens (including phenoxy) is 2. The first kappa shape index (κ1) is 22.1. The molecule has 0 aromatic rings. The Balaban J connectivity index is 1.46. The number of aldehydes is 1. The van der Waals surface area contributed by atoms with Gasteiger partial charge in [-0.15, -0.1) is 0 Å². The Morgan fingerprint density at radius 1 is 1.12 bits per heavy atom. The molecule has 8 unspecified atom stereocenters. The first-order valence-corrected chi connectivity index (χ1v) is 12.0. The summed E-state index contributed by atoms with van der Waals surface area (Å²) in [7, 11) is 0. The van der Waals surface area contributed by atoms with Crippen LogP contribution in [-0.2, 0) is 23.9 Å². The lowest BCUT2D eigenvalue weighted by Gasteiger charge is -2.65. The van der Waals surface area contributed by atoms with Gasteiger partial charge in [-0.2, -0.15) is 0 Å². The van der Waals surface area contributed by atoms with Crippen LogP contribution in [0.4, 0.5) is 0 Å². The zero-order chi connectivity index (χ0) is 22.9. The van der Waals surface area contributed by atoms with E-state index in [2.05, 4.69) is 6.92 Å². The second-order valence-corrected chi connectivity index (χ2v) is 11.2. The molecule has 5 aliphatic rings. The first-order chi connectivity index (χ1) is 15.1. The molecule has 0 bridgehead atoms. The minimum absolute atomic E-state index is 0.0828. The molecule has 4 fully saturated rings. The van der Waals surface area contributed by atoms with Gasteiger partial charge >= 0.3 is 11.9 Å². The van der Waals surface area contributed by atoms with Crippen LogP contribution in [0.2, 0.25) is 0 Å². The van der Waals surface area contributed by atoms with Crippen LogP contribution < -0.4 is 0 Å². The molecule has 7 nitrogen and oxygen atoms in total. The Morgan fingerprint density at radius 3 is 2.53 bits per heavy atom. The maximum absolute atomic E-state index is 12.7. The lowest BCUT2D eigenvalue weighted by atomic mass is 9.41. The van der Waals surface area contributed by atoms with E-state index in [1.54, 1.807) is 6.08 Å². The minimum atomic E-state index is -1.22. The molecule has 1 aliphatic heterocycles. The van der Waals surface area contributed by atoms with Gasteiger partial charge in [0.15, 0.2) is 0 Å². The fourth-order valence-electron chi connectivity index (χ4n) is 8.65. The molecule has 0 aromatic heterocycles. The number of carbonyl (C=O) groups excluding carboxylic acids is 3. The predicted molar refractivity (Wildman–Crippen MR) is 113 cm³/mol. The second kappa shape index (κ2) is 7.13. The van der Waals surface area contributed by atoms with Crippen LogP contribution >= 0.6 is 0 Å². The van der Waals surface area contributed by atoms with Crippen LogP contribution in [0.15, 0.2) is 11.6 Å². The van der Waals surface area contributed by atoms with Gasteiger partial charge in [0.1, 0.15) is 19.0 Å². The number of aliphatic hydroxyl groups is 2. The van der Waals surface area contributed by atoms with Gasteiger partial charge in [0, 0.05) is 24.8 Å². The van der Waals surface area contributed by atoms with E-state index in [-0.39, 0.29) is 47.6 Å². The maximum atomic E-state index is 12.7. The Bertz CT molecular complexity index is 882. The number of fused-ring (bicyclic) bond motifs is 5. The van der Waals surface area contributed by atoms with E-state index in [1.165, 1.54) is 6.92 Å². The predicted octanol–water partition coefficient (Wildman–Crippen LogP) is 2.47. The van der Waals surface area contributed by atoms with Gasteiger partial charge in [0.05, 0.1) is 16.6 Å². The Labute approximate surface area is 188 Å². The molecule has 4 saturated carbocycles. The normalized spacial score (nSPS) is 49.9. The summed E-state index contributed by atoms with van der Waals surface area (Å²) >= 11 is 0. The monoisotopic (exact) mass is 446 g/mol. The molecular formula is C25H34O7. The Hall–Kier alpha value is -1.73. The minimum Gasteiger partial charge on any atom is -0.462 e. The van der Waals surface area contributed by atoms with Gasteiger partial charge in [-0.3, -0.25) is 4.79 Å². The third-order valence-corrected chi connectivity index (χ3v) is 10.2. The summed E-state index contributed by atoms with van der Waals surface area (Å²) in [5.74, 6) is -0.772. The summed E-state index contributed by atoms with van der Waals surface area (Å²) in [5.41, 5.74) is -2.50. The van der Waals surface area contributed by atoms with Gasteiger partial charge in [-0.05, 0) is 74.7 Å². The van der Waals surface area contributed by atoms with Crippen molar-refractivity contribution in [2.45, 2.75) is 88.9 Å². The highest BCUT2D eigenvalue weighted by molar-refractivity contribution is 5.85. The molecule has 176 valence electrons. The summed E-state index contributed by atoms with van der Waals surface area (Å²) in [4.78, 5) is 35.8. The van der Waals surface area contributed by atoms with Crippen LogP contribution in [0.3, 0.4) is 0 Å². The van der Waals surface area contributed by atoms with E-state index in [4.69, 9.17) is 9.47 Å². The van der Waals surface area contributed by atoms with E-state index in [0.29, 0.717) is 38.7 Å². The number of hydrogen-bond acceptors (Lipinski definition) is 7. The fourth-order valence-corrected chi connectivity index (χ4v) is 8.65. The van der Waals surface area contributed by atoms with Gasteiger partial charge in [-0.1, -0.05) is 6.92 Å². The van der Waals surface area contributed by atoms with E-state index in [0.717, 1.165) is 31.1 Å². The second-order valence-electron chi connectivity index (χ2n) is 11.2. The number of cyclic esters (lactones) is 1. The van der Waals surface area contributed by atoms with Crippen molar-refractivity contribution in [3.8, 4) is 0 Å². The van der Waals surface area contributed by atoms with Crippen molar-refractivity contribution in [1.29, 1.82) is 0 Å². The quantitative estimate of drug-likeness (QED) is 0.506. The van der Waals surface area contributed by atoms with Crippen molar-refractivity contribution in [2.24, 2.45) is 28.6 Å². The average Bonchev–Trinajstić information content (AvgIpc) is 3.27. The smallest absolute Gasteiger partial charge is 0.331 e. The van der Waals surface area contributed by atoms with Crippen molar-refractivity contribution in [3.63, 3.8) is 0 Å². The number of carbonyl (C=O) groups is 3. The molecule has 0 radical (unpaired) electrons. The fraction of sp³-hybridized carbons (Fsp3) is 0.800. The summed E-state index contributed by atoms with van der Waals surface area (Å²) in [5, 5.41) is 23.9. The SMILES string of the molecule is CC(=O)OC1CCC2(C=O)C3CCC4(C)C(C5=CC(=O)OC5)CCC4(O)C3CCC2(O)C1. The van der Waals surface area contributed by atoms with Crippen molar-refractivity contribution >= 4 is 18.2 Å². The van der Waals surface area contributed by atoms with Gasteiger partial charge in [-0.25, -0.2) is 4.79 Å². The molecule has 0 spiro atoms. The summed E-state index contributed by atoms with van der Waals surface area (Å²) < 4.78 is 10.6. The molecule has 2 N–H and O–H groups in total. The largest absolute Gasteiger partial charge is 0.462 e. The van der Waals surface area contributed by atoms with Gasteiger partial charge < -0.3 is 24.5 Å². The molecule has 7 heteroatoms. The average molecular weight is 447 g/mol. The highest BCUT2D eigenvalue weighted by Gasteiger charge is 2.71. The lowest BCUT2D eigenvalue weighted by molar-refractivity contribution is -0.249. The van der Waals surface area contributed by atoms with Crippen LogP contribution in [0.5, 0.6) is 0 Å². The number of rotatable bonds is 3. The van der Waals surface area contributed by atoms with Crippen LogP contribution in [-0.4, -0.2) is 52.4 Å². The molecule has 1 heterocycles. The Morgan fingerprint density at radius 2 is 1.88 bits per heavy atom. The molecular weight excluding hydrogens is 412 g/mol. The van der Waals surface area contributed by atoms with Gasteiger partial charge in [0.25, 0.3) is 0 Å². The van der Waals surface area contributed by atoms with Gasteiger partial charge in [0.2, 0.25) is 0 Å². The van der Waals surface area contributed by atoms with E-state index >= 15 is 0 Å². The topological polar surface area (TPSA) is 110 Å². The van der Waals surface area contributed by atoms with Crippen LogP contribution in [0, 0.1) is 28.6 Å². The molecule has 32 heavy (non-hydrogen) atoms. The third-order valence-electron chi connectivity index (χ3n) is 10.2. The summed E-state index contributed by atoms with van der Waals surface area (Å²) in [6.07, 6.45) is 7.44. The maximum Gasteiger partial charge on any atom is 0.331 e. The van der Waals surface area contributed by atoms with E-state index in [9.17, 15) is 24.6 Å². The molecule has 0 saturated heterocycles. The third kappa shape index (κ3) is 2.76. The van der Waals surface area contributed by atoms with Crippen molar-refractivity contribution < 1.29 is 34.1 Å². The van der Waals surface area contributed by atoms with Crippen molar-refractivity contribution in [3.05, 3.63) is 11.6 Å². The molecule has 0 aromatic carbocycles. The van der Waals surface area contributed by atoms with Crippen LogP contribution in [0.25, 0.3) is 0 Å². The highest BCUT2D eigenvalue weighted by atomic mass is 16.5. The molecule has 0 amide bonds. The van der Waals surface area contributed by atoms with Crippen molar-refractivity contribution in [1.82, 2.24) is 0 Å². The van der Waals surface area contributed by atoms with Crippen LogP contribution in [0.1, 0.15) is 71.6 Å².